The molecule has 0 bridgehead atoms. The van der Waals surface area contributed by atoms with Gasteiger partial charge in [-0.15, -0.1) is 5.10 Å². The van der Waals surface area contributed by atoms with Crippen LogP contribution in [0.3, 0.4) is 0 Å². The van der Waals surface area contributed by atoms with Gasteiger partial charge in [-0.1, -0.05) is 5.21 Å². The first-order valence-electron chi connectivity index (χ1n) is 9.08. The van der Waals surface area contributed by atoms with Crippen molar-refractivity contribution in [2.75, 3.05) is 13.1 Å². The minimum Gasteiger partial charge on any atom is -0.350 e. The Balaban J connectivity index is 1.51. The highest BCUT2D eigenvalue weighted by Crippen LogP contribution is 2.29. The Morgan fingerprint density at radius 1 is 0.935 bits per heavy atom. The monoisotopic (exact) mass is 435 g/mol. The van der Waals surface area contributed by atoms with Crippen LogP contribution in [0.25, 0.3) is 5.69 Å². The van der Waals surface area contributed by atoms with Gasteiger partial charge in [0.15, 0.2) is 5.69 Å². The molecule has 0 aliphatic rings. The van der Waals surface area contributed by atoms with Crippen molar-refractivity contribution in [3.63, 3.8) is 0 Å². The molecule has 31 heavy (non-hydrogen) atoms. The molecule has 11 heteroatoms. The lowest BCUT2D eigenvalue weighted by atomic mass is 10.1. The molecule has 0 aliphatic carbocycles. The number of nitrogens with one attached hydrogen (secondary N) is 2. The smallest absolute Gasteiger partial charge is 0.350 e. The normalized spacial score (nSPS) is 11.3. The van der Waals surface area contributed by atoms with Crippen molar-refractivity contribution in [1.82, 2.24) is 25.6 Å². The van der Waals surface area contributed by atoms with E-state index in [1.165, 1.54) is 28.9 Å². The van der Waals surface area contributed by atoms with Crippen LogP contribution in [0.4, 0.5) is 17.6 Å². The van der Waals surface area contributed by atoms with Crippen molar-refractivity contribution in [2.45, 2.75) is 13.1 Å². The molecular formula is C20H17F4N5O2. The van der Waals surface area contributed by atoms with Gasteiger partial charge >= 0.3 is 6.18 Å². The molecule has 0 saturated heterocycles. The summed E-state index contributed by atoms with van der Waals surface area (Å²) >= 11 is 0. The molecule has 3 rings (SSSR count). The lowest BCUT2D eigenvalue weighted by molar-refractivity contribution is -0.137. The van der Waals surface area contributed by atoms with Gasteiger partial charge in [0.1, 0.15) is 5.82 Å². The first-order chi connectivity index (χ1) is 14.7. The molecule has 1 heterocycles. The summed E-state index contributed by atoms with van der Waals surface area (Å²) in [7, 11) is 0. The first kappa shape index (κ1) is 21.9. The summed E-state index contributed by atoms with van der Waals surface area (Å²) in [6, 6.07) is 9.31. The molecule has 2 N–H and O–H groups in total. The van der Waals surface area contributed by atoms with Crippen LogP contribution in [-0.2, 0) is 6.18 Å². The number of aromatic nitrogens is 3. The molecule has 7 nitrogen and oxygen atoms in total. The molecule has 0 unspecified atom stereocenters. The van der Waals surface area contributed by atoms with E-state index in [-0.39, 0.29) is 24.3 Å². The fourth-order valence-electron chi connectivity index (χ4n) is 2.71. The molecule has 3 aromatic rings. The molecule has 0 fully saturated rings. The van der Waals surface area contributed by atoms with Gasteiger partial charge in [-0.25, -0.2) is 9.07 Å². The minimum absolute atomic E-state index is 0.0523. The molecule has 0 radical (unpaired) electrons. The fourth-order valence-corrected chi connectivity index (χ4v) is 2.71. The van der Waals surface area contributed by atoms with Gasteiger partial charge in [0.2, 0.25) is 0 Å². The van der Waals surface area contributed by atoms with Crippen molar-refractivity contribution in [3.05, 3.63) is 76.9 Å². The second-order valence-electron chi connectivity index (χ2n) is 6.50. The van der Waals surface area contributed by atoms with E-state index in [4.69, 9.17) is 0 Å². The summed E-state index contributed by atoms with van der Waals surface area (Å²) in [6.45, 7) is 1.75. The Hall–Kier alpha value is -3.76. The van der Waals surface area contributed by atoms with Crippen molar-refractivity contribution >= 4 is 11.8 Å². The zero-order chi connectivity index (χ0) is 22.6. The number of carbonyl (C=O) groups is 2. The van der Waals surface area contributed by atoms with Crippen LogP contribution in [-0.4, -0.2) is 39.9 Å². The van der Waals surface area contributed by atoms with E-state index in [2.05, 4.69) is 20.9 Å². The number of nitrogens with zero attached hydrogens (tertiary/aromatic N) is 3. The van der Waals surface area contributed by atoms with Crippen LogP contribution in [0.5, 0.6) is 0 Å². The molecule has 1 aromatic heterocycles. The van der Waals surface area contributed by atoms with Gasteiger partial charge in [0.25, 0.3) is 11.8 Å². The number of hydrogen-bond acceptors (Lipinski definition) is 4. The van der Waals surface area contributed by atoms with Gasteiger partial charge in [0.05, 0.1) is 16.9 Å². The van der Waals surface area contributed by atoms with E-state index < -0.39 is 29.4 Å². The Bertz CT molecular complexity index is 1080. The van der Waals surface area contributed by atoms with Crippen LogP contribution in [0.2, 0.25) is 0 Å². The highest BCUT2D eigenvalue weighted by Gasteiger charge is 2.30. The number of rotatable bonds is 6. The topological polar surface area (TPSA) is 88.9 Å². The second kappa shape index (κ2) is 8.94. The molecule has 2 aromatic carbocycles. The van der Waals surface area contributed by atoms with Crippen molar-refractivity contribution in [2.24, 2.45) is 0 Å². The Labute approximate surface area is 174 Å². The van der Waals surface area contributed by atoms with Crippen molar-refractivity contribution < 1.29 is 27.2 Å². The third kappa shape index (κ3) is 5.24. The maximum atomic E-state index is 13.1. The summed E-state index contributed by atoms with van der Waals surface area (Å²) in [4.78, 5) is 24.3. The minimum atomic E-state index is -4.48. The van der Waals surface area contributed by atoms with Crippen LogP contribution in [0.15, 0.2) is 48.5 Å². The fraction of sp³-hybridized carbons (Fsp3) is 0.200. The van der Waals surface area contributed by atoms with E-state index in [9.17, 15) is 27.2 Å². The maximum absolute atomic E-state index is 13.1. The number of amides is 2. The van der Waals surface area contributed by atoms with E-state index >= 15 is 0 Å². The van der Waals surface area contributed by atoms with Crippen LogP contribution < -0.4 is 10.6 Å². The van der Waals surface area contributed by atoms with E-state index in [1.807, 2.05) is 0 Å². The molecule has 2 amide bonds. The van der Waals surface area contributed by atoms with Crippen LogP contribution in [0.1, 0.15) is 32.1 Å². The quantitative estimate of drug-likeness (QED) is 0.460. The van der Waals surface area contributed by atoms with E-state index in [0.717, 1.165) is 24.3 Å². The Morgan fingerprint density at radius 2 is 1.52 bits per heavy atom. The van der Waals surface area contributed by atoms with Gasteiger partial charge in [-0.3, -0.25) is 9.59 Å². The predicted octanol–water partition coefficient (Wildman–Crippen LogP) is 2.89. The van der Waals surface area contributed by atoms with E-state index in [1.54, 1.807) is 6.92 Å². The van der Waals surface area contributed by atoms with Gasteiger partial charge in [-0.2, -0.15) is 13.2 Å². The molecule has 162 valence electrons. The average Bonchev–Trinajstić information content (AvgIpc) is 3.12. The lowest BCUT2D eigenvalue weighted by Gasteiger charge is -2.09. The average molecular weight is 435 g/mol. The number of hydrogen-bond donors (Lipinski definition) is 2. The number of carbonyl (C=O) groups excluding carboxylic acids is 2. The summed E-state index contributed by atoms with van der Waals surface area (Å²) in [5.74, 6) is -1.49. The maximum Gasteiger partial charge on any atom is 0.416 e. The zero-order valence-electron chi connectivity index (χ0n) is 16.2. The molecular weight excluding hydrogens is 418 g/mol. The third-order valence-corrected chi connectivity index (χ3v) is 4.35. The highest BCUT2D eigenvalue weighted by molar-refractivity contribution is 5.94. The number of benzene rings is 2. The largest absolute Gasteiger partial charge is 0.416 e. The molecule has 0 atom stereocenters. The van der Waals surface area contributed by atoms with Gasteiger partial charge < -0.3 is 10.6 Å². The van der Waals surface area contributed by atoms with Crippen molar-refractivity contribution in [1.29, 1.82) is 0 Å². The lowest BCUT2D eigenvalue weighted by Crippen LogP contribution is -2.35. The third-order valence-electron chi connectivity index (χ3n) is 4.35. The predicted molar refractivity (Wildman–Crippen MR) is 102 cm³/mol. The number of halogens is 4. The Kier molecular flexibility index (Phi) is 6.33. The summed E-state index contributed by atoms with van der Waals surface area (Å²) in [6.07, 6.45) is -4.48. The second-order valence-corrected chi connectivity index (χ2v) is 6.50. The van der Waals surface area contributed by atoms with Gasteiger partial charge in [0, 0.05) is 18.7 Å². The van der Waals surface area contributed by atoms with Crippen LogP contribution >= 0.6 is 0 Å². The molecule has 0 spiro atoms. The zero-order valence-corrected chi connectivity index (χ0v) is 16.2. The summed E-state index contributed by atoms with van der Waals surface area (Å²) in [5.41, 5.74) is 0.267. The molecule has 0 saturated carbocycles. The summed E-state index contributed by atoms with van der Waals surface area (Å²) < 4.78 is 52.1. The first-order valence-corrected chi connectivity index (χ1v) is 9.08. The highest BCUT2D eigenvalue weighted by atomic mass is 19.4. The van der Waals surface area contributed by atoms with Crippen LogP contribution in [0, 0.1) is 12.7 Å². The summed E-state index contributed by atoms with van der Waals surface area (Å²) in [5, 5.41) is 12.8. The molecule has 0 aliphatic heterocycles. The number of alkyl halides is 3. The Morgan fingerprint density at radius 3 is 2.10 bits per heavy atom. The van der Waals surface area contributed by atoms with Gasteiger partial charge in [-0.05, 0) is 55.5 Å². The van der Waals surface area contributed by atoms with Crippen molar-refractivity contribution in [3.8, 4) is 5.69 Å². The van der Waals surface area contributed by atoms with E-state index in [0.29, 0.717) is 11.4 Å². The SMILES string of the molecule is Cc1c(C(=O)NCCNC(=O)c2ccc(C(F)(F)F)cc2)nnn1-c1ccc(F)cc1. The standard InChI is InChI=1S/C20H17F4N5O2/c1-12-17(27-28-29(12)16-8-6-15(21)7-9-16)19(31)26-11-10-25-18(30)13-2-4-14(5-3-13)20(22,23)24/h2-9H,10-11H2,1H3,(H,25,30)(H,26,31).